The summed E-state index contributed by atoms with van der Waals surface area (Å²) >= 11 is 5.87. The van der Waals surface area contributed by atoms with Gasteiger partial charge < -0.3 is 14.4 Å². The van der Waals surface area contributed by atoms with Gasteiger partial charge >= 0.3 is 5.97 Å². The van der Waals surface area contributed by atoms with E-state index in [1.165, 1.54) is 6.20 Å². The smallest absolute Gasteiger partial charge is 0.332 e. The summed E-state index contributed by atoms with van der Waals surface area (Å²) in [4.78, 5) is 22.1. The van der Waals surface area contributed by atoms with Crippen molar-refractivity contribution in [1.82, 2.24) is 9.97 Å². The molecule has 0 aromatic carbocycles. The third-order valence-electron chi connectivity index (χ3n) is 3.52. The lowest BCUT2D eigenvalue weighted by atomic mass is 9.98. The number of carbonyl (C=O) groups excluding carboxylic acids is 1. The monoisotopic (exact) mass is 341 g/mol. The molecule has 1 aromatic heterocycles. The molecule has 0 amide bonds. The average Bonchev–Trinajstić information content (AvgIpc) is 2.46. The second kappa shape index (κ2) is 7.93. The van der Waals surface area contributed by atoms with Gasteiger partial charge in [-0.3, -0.25) is 4.98 Å². The van der Waals surface area contributed by atoms with E-state index in [-0.39, 0.29) is 12.6 Å². The van der Waals surface area contributed by atoms with Crippen molar-refractivity contribution >= 4 is 23.4 Å². The molecule has 0 atom stereocenters. The molecule has 0 N–H and O–H groups in total. The van der Waals surface area contributed by atoms with Gasteiger partial charge in [-0.05, 0) is 39.5 Å². The van der Waals surface area contributed by atoms with Crippen molar-refractivity contribution in [1.29, 1.82) is 0 Å². The zero-order chi connectivity index (χ0) is 16.9. The van der Waals surface area contributed by atoms with Crippen LogP contribution in [-0.2, 0) is 14.3 Å². The lowest BCUT2D eigenvalue weighted by Gasteiger charge is -2.32. The van der Waals surface area contributed by atoms with E-state index in [4.69, 9.17) is 21.1 Å². The van der Waals surface area contributed by atoms with E-state index in [9.17, 15) is 4.79 Å². The lowest BCUT2D eigenvalue weighted by Crippen LogP contribution is -2.36. The Morgan fingerprint density at radius 2 is 2.04 bits per heavy atom. The van der Waals surface area contributed by atoms with Crippen molar-refractivity contribution < 1.29 is 14.3 Å². The van der Waals surface area contributed by atoms with Gasteiger partial charge in [0.1, 0.15) is 23.2 Å². The first-order chi connectivity index (χ1) is 10.8. The summed E-state index contributed by atoms with van der Waals surface area (Å²) in [6, 6.07) is 0. The minimum Gasteiger partial charge on any atom is -0.458 e. The fourth-order valence-electron chi connectivity index (χ4n) is 2.49. The number of nitrogens with zero attached hydrogens (tertiary/aromatic N) is 3. The van der Waals surface area contributed by atoms with E-state index < -0.39 is 5.60 Å². The van der Waals surface area contributed by atoms with Gasteiger partial charge in [-0.15, -0.1) is 0 Å². The SMILES string of the molecule is CC(C)(C)OC(=O)COCC1CCN(c2cncc(Cl)n2)CC1. The Morgan fingerprint density at radius 3 is 2.65 bits per heavy atom. The number of anilines is 1. The molecule has 0 bridgehead atoms. The van der Waals surface area contributed by atoms with Gasteiger partial charge in [0.05, 0.1) is 19.0 Å². The highest BCUT2D eigenvalue weighted by molar-refractivity contribution is 6.29. The van der Waals surface area contributed by atoms with Gasteiger partial charge in [-0.1, -0.05) is 11.6 Å². The molecule has 1 fully saturated rings. The van der Waals surface area contributed by atoms with Crippen molar-refractivity contribution in [3.05, 3.63) is 17.5 Å². The quantitative estimate of drug-likeness (QED) is 0.767. The molecule has 1 aromatic rings. The first-order valence-electron chi connectivity index (χ1n) is 7.85. The summed E-state index contributed by atoms with van der Waals surface area (Å²) in [7, 11) is 0. The predicted molar refractivity (Wildman–Crippen MR) is 88.6 cm³/mol. The van der Waals surface area contributed by atoms with Gasteiger partial charge in [-0.25, -0.2) is 9.78 Å². The molecule has 0 spiro atoms. The Hall–Kier alpha value is -1.40. The summed E-state index contributed by atoms with van der Waals surface area (Å²) in [5, 5.41) is 0.408. The molecule has 0 radical (unpaired) electrons. The van der Waals surface area contributed by atoms with Crippen LogP contribution in [-0.4, -0.2) is 47.8 Å². The molecule has 1 aliphatic heterocycles. The average molecular weight is 342 g/mol. The van der Waals surface area contributed by atoms with E-state index in [0.717, 1.165) is 31.7 Å². The van der Waals surface area contributed by atoms with Crippen LogP contribution in [0.5, 0.6) is 0 Å². The molecule has 0 saturated carbocycles. The maximum absolute atomic E-state index is 11.6. The van der Waals surface area contributed by atoms with E-state index >= 15 is 0 Å². The van der Waals surface area contributed by atoms with Crippen LogP contribution in [0, 0.1) is 5.92 Å². The Kier molecular flexibility index (Phi) is 6.18. The second-order valence-electron chi connectivity index (χ2n) is 6.73. The van der Waals surface area contributed by atoms with Crippen molar-refractivity contribution in [2.24, 2.45) is 5.92 Å². The molecule has 0 aliphatic carbocycles. The Morgan fingerprint density at radius 1 is 1.35 bits per heavy atom. The van der Waals surface area contributed by atoms with Crippen LogP contribution in [0.25, 0.3) is 0 Å². The summed E-state index contributed by atoms with van der Waals surface area (Å²) in [5.41, 5.74) is -0.468. The summed E-state index contributed by atoms with van der Waals surface area (Å²) in [6.07, 6.45) is 5.23. The molecule has 1 aliphatic rings. The highest BCUT2D eigenvalue weighted by Crippen LogP contribution is 2.22. The maximum Gasteiger partial charge on any atom is 0.332 e. The van der Waals surface area contributed by atoms with E-state index in [1.54, 1.807) is 6.20 Å². The molecule has 1 saturated heterocycles. The van der Waals surface area contributed by atoms with Gasteiger partial charge in [0, 0.05) is 13.1 Å². The van der Waals surface area contributed by atoms with Crippen LogP contribution in [0.2, 0.25) is 5.15 Å². The molecule has 2 rings (SSSR count). The summed E-state index contributed by atoms with van der Waals surface area (Å²) in [6.45, 7) is 7.90. The van der Waals surface area contributed by atoms with Crippen LogP contribution in [0.4, 0.5) is 5.82 Å². The molecule has 7 heteroatoms. The zero-order valence-corrected chi connectivity index (χ0v) is 14.7. The Balaban J connectivity index is 1.68. The first kappa shape index (κ1) is 17.9. The number of piperidine rings is 1. The molecular formula is C16H24ClN3O3. The highest BCUT2D eigenvalue weighted by atomic mass is 35.5. The number of carbonyl (C=O) groups is 1. The number of rotatable bonds is 5. The summed E-state index contributed by atoms with van der Waals surface area (Å²) < 4.78 is 10.7. The largest absolute Gasteiger partial charge is 0.458 e. The van der Waals surface area contributed by atoms with Crippen LogP contribution in [0.15, 0.2) is 12.4 Å². The van der Waals surface area contributed by atoms with Crippen molar-refractivity contribution in [2.75, 3.05) is 31.2 Å². The molecule has 128 valence electrons. The van der Waals surface area contributed by atoms with Gasteiger partial charge in [-0.2, -0.15) is 0 Å². The molecule has 2 heterocycles. The van der Waals surface area contributed by atoms with Gasteiger partial charge in [0.25, 0.3) is 0 Å². The predicted octanol–water partition coefficient (Wildman–Crippen LogP) is 2.70. The van der Waals surface area contributed by atoms with Crippen LogP contribution < -0.4 is 4.90 Å². The minimum absolute atomic E-state index is 0.0112. The van der Waals surface area contributed by atoms with E-state index in [1.807, 2.05) is 20.8 Å². The minimum atomic E-state index is -0.468. The maximum atomic E-state index is 11.6. The first-order valence-corrected chi connectivity index (χ1v) is 8.23. The lowest BCUT2D eigenvalue weighted by molar-refractivity contribution is -0.160. The van der Waals surface area contributed by atoms with Gasteiger partial charge in [0.2, 0.25) is 0 Å². The molecule has 23 heavy (non-hydrogen) atoms. The molecular weight excluding hydrogens is 318 g/mol. The van der Waals surface area contributed by atoms with Gasteiger partial charge in [0.15, 0.2) is 0 Å². The van der Waals surface area contributed by atoms with E-state index in [2.05, 4.69) is 14.9 Å². The normalized spacial score (nSPS) is 16.4. The highest BCUT2D eigenvalue weighted by Gasteiger charge is 2.22. The third-order valence-corrected chi connectivity index (χ3v) is 3.71. The number of aromatic nitrogens is 2. The Bertz CT molecular complexity index is 526. The second-order valence-corrected chi connectivity index (χ2v) is 7.12. The number of halogens is 1. The zero-order valence-electron chi connectivity index (χ0n) is 13.9. The number of hydrogen-bond donors (Lipinski definition) is 0. The fourth-order valence-corrected chi connectivity index (χ4v) is 2.64. The molecule has 0 unspecified atom stereocenters. The Labute approximate surface area is 142 Å². The molecule has 6 nitrogen and oxygen atoms in total. The van der Waals surface area contributed by atoms with Crippen molar-refractivity contribution in [2.45, 2.75) is 39.2 Å². The van der Waals surface area contributed by atoms with Crippen LogP contribution in [0.1, 0.15) is 33.6 Å². The van der Waals surface area contributed by atoms with Crippen LogP contribution in [0.3, 0.4) is 0 Å². The standard InChI is InChI=1S/C16H24ClN3O3/c1-16(2,3)23-15(21)11-22-10-12-4-6-20(7-5-12)14-9-18-8-13(17)19-14/h8-9,12H,4-7,10-11H2,1-3H3. The fraction of sp³-hybridized carbons (Fsp3) is 0.688. The van der Waals surface area contributed by atoms with Crippen molar-refractivity contribution in [3.8, 4) is 0 Å². The number of hydrogen-bond acceptors (Lipinski definition) is 6. The van der Waals surface area contributed by atoms with Crippen molar-refractivity contribution in [3.63, 3.8) is 0 Å². The summed E-state index contributed by atoms with van der Waals surface area (Å²) in [5.74, 6) is 0.940. The number of ether oxygens (including phenoxy) is 2. The van der Waals surface area contributed by atoms with E-state index in [0.29, 0.717) is 17.7 Å². The topological polar surface area (TPSA) is 64.6 Å². The third kappa shape index (κ3) is 6.31. The van der Waals surface area contributed by atoms with Crippen LogP contribution >= 0.6 is 11.6 Å². The number of esters is 1.